The van der Waals surface area contributed by atoms with Crippen molar-refractivity contribution in [3.63, 3.8) is 0 Å². The molecule has 0 atom stereocenters. The number of morpholine rings is 1. The second-order valence-corrected chi connectivity index (χ2v) is 4.94. The zero-order chi connectivity index (χ0) is 13.2. The second kappa shape index (κ2) is 5.19. The van der Waals surface area contributed by atoms with E-state index in [9.17, 15) is 4.79 Å². The largest absolute Gasteiger partial charge is 0.379 e. The molecular weight excluding hydrogens is 242 g/mol. The van der Waals surface area contributed by atoms with Gasteiger partial charge in [0.25, 0.3) is 0 Å². The minimum atomic E-state index is 0.0643. The molecule has 1 saturated heterocycles. The fourth-order valence-electron chi connectivity index (χ4n) is 2.65. The normalized spacial score (nSPS) is 17.1. The molecule has 102 valence electrons. The number of hydrogen-bond acceptors (Lipinski definition) is 3. The van der Waals surface area contributed by atoms with Gasteiger partial charge in [-0.3, -0.25) is 14.0 Å². The van der Waals surface area contributed by atoms with Crippen LogP contribution in [0.5, 0.6) is 0 Å². The van der Waals surface area contributed by atoms with Gasteiger partial charge in [-0.1, -0.05) is 12.1 Å². The summed E-state index contributed by atoms with van der Waals surface area (Å²) < 4.78 is 8.92. The number of hydrogen-bond donors (Lipinski definition) is 0. The number of rotatable bonds is 3. The first-order valence-electron chi connectivity index (χ1n) is 6.72. The first-order valence-corrected chi connectivity index (χ1v) is 6.72. The Morgan fingerprint density at radius 3 is 2.53 bits per heavy atom. The third-order valence-corrected chi connectivity index (χ3v) is 3.80. The van der Waals surface area contributed by atoms with Crippen molar-refractivity contribution in [1.29, 1.82) is 0 Å². The summed E-state index contributed by atoms with van der Waals surface area (Å²) in [4.78, 5) is 14.6. The summed E-state index contributed by atoms with van der Waals surface area (Å²) in [7, 11) is 1.83. The molecule has 1 aromatic heterocycles. The number of imidazole rings is 1. The number of fused-ring (bicyclic) bond motifs is 1. The molecule has 0 amide bonds. The predicted molar refractivity (Wildman–Crippen MR) is 74.4 cm³/mol. The van der Waals surface area contributed by atoms with Crippen LogP contribution < -0.4 is 5.69 Å². The maximum atomic E-state index is 12.2. The lowest BCUT2D eigenvalue weighted by Crippen LogP contribution is -2.39. The molecule has 1 aliphatic rings. The standard InChI is InChI=1S/C14H19N3O2/c1-15-12-4-2-3-5-13(12)17(14(15)18)7-6-16-8-10-19-11-9-16/h2-5H,6-11H2,1H3. The highest BCUT2D eigenvalue weighted by molar-refractivity contribution is 5.75. The first kappa shape index (κ1) is 12.4. The van der Waals surface area contributed by atoms with E-state index >= 15 is 0 Å². The highest BCUT2D eigenvalue weighted by atomic mass is 16.5. The van der Waals surface area contributed by atoms with Crippen molar-refractivity contribution < 1.29 is 4.74 Å². The van der Waals surface area contributed by atoms with Crippen molar-refractivity contribution in [1.82, 2.24) is 14.0 Å². The molecule has 0 bridgehead atoms. The SMILES string of the molecule is Cn1c(=O)n(CCN2CCOCC2)c2ccccc21. The molecule has 1 aromatic carbocycles. The van der Waals surface area contributed by atoms with E-state index in [1.54, 1.807) is 4.57 Å². The summed E-state index contributed by atoms with van der Waals surface area (Å²) in [5.41, 5.74) is 2.08. The molecule has 0 unspecified atom stereocenters. The van der Waals surface area contributed by atoms with Gasteiger partial charge in [0.15, 0.2) is 0 Å². The molecule has 19 heavy (non-hydrogen) atoms. The van der Waals surface area contributed by atoms with Gasteiger partial charge in [0.1, 0.15) is 0 Å². The minimum Gasteiger partial charge on any atom is -0.379 e. The van der Waals surface area contributed by atoms with E-state index < -0.39 is 0 Å². The topological polar surface area (TPSA) is 39.4 Å². The number of aryl methyl sites for hydroxylation is 1. The highest BCUT2D eigenvalue weighted by Crippen LogP contribution is 2.11. The summed E-state index contributed by atoms with van der Waals surface area (Å²) in [5.74, 6) is 0. The maximum absolute atomic E-state index is 12.2. The lowest BCUT2D eigenvalue weighted by Gasteiger charge is -2.26. The van der Waals surface area contributed by atoms with E-state index in [-0.39, 0.29) is 5.69 Å². The molecule has 5 heteroatoms. The summed E-state index contributed by atoms with van der Waals surface area (Å²) >= 11 is 0. The fourth-order valence-corrected chi connectivity index (χ4v) is 2.65. The zero-order valence-electron chi connectivity index (χ0n) is 11.2. The average Bonchev–Trinajstić information content (AvgIpc) is 2.71. The summed E-state index contributed by atoms with van der Waals surface area (Å²) in [6.45, 7) is 5.14. The molecular formula is C14H19N3O2. The van der Waals surface area contributed by atoms with Gasteiger partial charge in [0.05, 0.1) is 24.2 Å². The second-order valence-electron chi connectivity index (χ2n) is 4.94. The van der Waals surface area contributed by atoms with Gasteiger partial charge in [-0.2, -0.15) is 0 Å². The molecule has 2 aromatic rings. The number of ether oxygens (including phenoxy) is 1. The molecule has 2 heterocycles. The molecule has 0 N–H and O–H groups in total. The summed E-state index contributed by atoms with van der Waals surface area (Å²) in [6.07, 6.45) is 0. The number of benzene rings is 1. The predicted octanol–water partition coefficient (Wildman–Crippen LogP) is 0.672. The van der Waals surface area contributed by atoms with Gasteiger partial charge in [-0.15, -0.1) is 0 Å². The molecule has 0 aliphatic carbocycles. The zero-order valence-corrected chi connectivity index (χ0v) is 11.2. The van der Waals surface area contributed by atoms with Gasteiger partial charge in [0, 0.05) is 33.2 Å². The monoisotopic (exact) mass is 261 g/mol. The van der Waals surface area contributed by atoms with Crippen molar-refractivity contribution in [2.45, 2.75) is 6.54 Å². The van der Waals surface area contributed by atoms with Gasteiger partial charge in [-0.25, -0.2) is 4.79 Å². The molecule has 1 aliphatic heterocycles. The van der Waals surface area contributed by atoms with Crippen molar-refractivity contribution in [3.8, 4) is 0 Å². The third-order valence-electron chi connectivity index (χ3n) is 3.80. The summed E-state index contributed by atoms with van der Waals surface area (Å²) in [6, 6.07) is 7.94. The van der Waals surface area contributed by atoms with Crippen molar-refractivity contribution in [2.24, 2.45) is 7.05 Å². The van der Waals surface area contributed by atoms with Crippen molar-refractivity contribution >= 4 is 11.0 Å². The molecule has 1 fully saturated rings. The van der Waals surface area contributed by atoms with E-state index in [2.05, 4.69) is 4.90 Å². The Morgan fingerprint density at radius 1 is 1.11 bits per heavy atom. The fraction of sp³-hybridized carbons (Fsp3) is 0.500. The van der Waals surface area contributed by atoms with Crippen LogP contribution in [0.1, 0.15) is 0 Å². The lowest BCUT2D eigenvalue weighted by molar-refractivity contribution is 0.0364. The Labute approximate surface area is 112 Å². The van der Waals surface area contributed by atoms with Crippen LogP contribution in [0, 0.1) is 0 Å². The first-order chi connectivity index (χ1) is 9.27. The number of aromatic nitrogens is 2. The minimum absolute atomic E-state index is 0.0643. The van der Waals surface area contributed by atoms with Crippen LogP contribution in [0.25, 0.3) is 11.0 Å². The lowest BCUT2D eigenvalue weighted by atomic mass is 10.3. The highest BCUT2D eigenvalue weighted by Gasteiger charge is 2.13. The van der Waals surface area contributed by atoms with Crippen LogP contribution in [0.2, 0.25) is 0 Å². The van der Waals surface area contributed by atoms with Crippen molar-refractivity contribution in [3.05, 3.63) is 34.7 Å². The smallest absolute Gasteiger partial charge is 0.328 e. The Balaban J connectivity index is 1.84. The molecule has 0 saturated carbocycles. The average molecular weight is 261 g/mol. The van der Waals surface area contributed by atoms with Crippen molar-refractivity contribution in [2.75, 3.05) is 32.8 Å². The Hall–Kier alpha value is -1.59. The van der Waals surface area contributed by atoms with Crippen LogP contribution in [0.4, 0.5) is 0 Å². The van der Waals surface area contributed by atoms with Crippen LogP contribution in [0.15, 0.2) is 29.1 Å². The van der Waals surface area contributed by atoms with E-state index in [1.165, 1.54) is 0 Å². The van der Waals surface area contributed by atoms with Gasteiger partial charge in [0.2, 0.25) is 0 Å². The van der Waals surface area contributed by atoms with Crippen LogP contribution in [0.3, 0.4) is 0 Å². The molecule has 0 spiro atoms. The molecule has 5 nitrogen and oxygen atoms in total. The van der Waals surface area contributed by atoms with Gasteiger partial charge >= 0.3 is 5.69 Å². The Kier molecular flexibility index (Phi) is 3.40. The number of para-hydroxylation sites is 2. The van der Waals surface area contributed by atoms with Crippen LogP contribution >= 0.6 is 0 Å². The quantitative estimate of drug-likeness (QED) is 0.815. The Morgan fingerprint density at radius 2 is 1.79 bits per heavy atom. The summed E-state index contributed by atoms with van der Waals surface area (Å²) in [5, 5.41) is 0. The van der Waals surface area contributed by atoms with Gasteiger partial charge < -0.3 is 4.74 Å². The van der Waals surface area contributed by atoms with Crippen LogP contribution in [-0.2, 0) is 18.3 Å². The van der Waals surface area contributed by atoms with E-state index in [0.29, 0.717) is 0 Å². The van der Waals surface area contributed by atoms with Gasteiger partial charge in [-0.05, 0) is 12.1 Å². The Bertz CT molecular complexity index is 623. The maximum Gasteiger partial charge on any atom is 0.328 e. The third kappa shape index (κ3) is 2.31. The number of nitrogens with zero attached hydrogens (tertiary/aromatic N) is 3. The van der Waals surface area contributed by atoms with Crippen LogP contribution in [-0.4, -0.2) is 46.9 Å². The van der Waals surface area contributed by atoms with E-state index in [0.717, 1.165) is 50.4 Å². The van der Waals surface area contributed by atoms with E-state index in [1.807, 2.05) is 35.9 Å². The van der Waals surface area contributed by atoms with E-state index in [4.69, 9.17) is 4.74 Å². The molecule has 0 radical (unpaired) electrons. The molecule has 3 rings (SSSR count).